The Hall–Kier alpha value is -2.67. The van der Waals surface area contributed by atoms with Gasteiger partial charge in [0.05, 0.1) is 11.4 Å². The third-order valence-corrected chi connectivity index (χ3v) is 8.72. The van der Waals surface area contributed by atoms with Gasteiger partial charge in [0.2, 0.25) is 5.91 Å². The topological polar surface area (TPSA) is 57.3 Å². The lowest BCUT2D eigenvalue weighted by Gasteiger charge is -2.36. The fraction of sp³-hybridized carbons (Fsp3) is 0.400. The molecule has 36 heavy (non-hydrogen) atoms. The normalized spacial score (nSPS) is 21.0. The predicted molar refractivity (Wildman–Crippen MR) is 148 cm³/mol. The summed E-state index contributed by atoms with van der Waals surface area (Å²) in [4.78, 5) is 19.4. The number of thioether (sulfide) groups is 1. The molecule has 0 spiro atoms. The smallest absolute Gasteiger partial charge is 0.238 e. The number of carbonyl (C=O) groups is 1. The molecule has 1 amide bonds. The molecule has 0 aliphatic carbocycles. The molecule has 5 nitrogen and oxygen atoms in total. The molecule has 0 saturated carbocycles. The van der Waals surface area contributed by atoms with Crippen LogP contribution in [0.25, 0.3) is 0 Å². The highest BCUT2D eigenvalue weighted by Crippen LogP contribution is 2.38. The fourth-order valence-electron chi connectivity index (χ4n) is 5.55. The van der Waals surface area contributed by atoms with Crippen LogP contribution in [0.4, 0.5) is 0 Å². The van der Waals surface area contributed by atoms with E-state index >= 15 is 0 Å². The fourth-order valence-corrected chi connectivity index (χ4v) is 6.78. The number of piperidine rings is 1. The number of amides is 1. The summed E-state index contributed by atoms with van der Waals surface area (Å²) in [5.41, 5.74) is 3.98. The zero-order valence-electron chi connectivity index (χ0n) is 20.8. The first kappa shape index (κ1) is 25.0. The van der Waals surface area contributed by atoms with Crippen molar-refractivity contribution in [2.75, 3.05) is 31.9 Å². The van der Waals surface area contributed by atoms with Crippen molar-refractivity contribution in [3.63, 3.8) is 0 Å². The number of nitrogens with one attached hydrogen (secondary N) is 2. The van der Waals surface area contributed by atoms with Crippen molar-refractivity contribution in [2.45, 2.75) is 36.6 Å². The van der Waals surface area contributed by atoms with Gasteiger partial charge in [0, 0.05) is 30.6 Å². The van der Waals surface area contributed by atoms with E-state index in [1.54, 1.807) is 18.0 Å². The second kappa shape index (κ2) is 12.5. The summed E-state index contributed by atoms with van der Waals surface area (Å²) in [6.07, 6.45) is 7.05. The molecule has 3 aromatic rings. The van der Waals surface area contributed by atoms with Crippen molar-refractivity contribution in [2.24, 2.45) is 5.92 Å². The van der Waals surface area contributed by atoms with Gasteiger partial charge in [-0.1, -0.05) is 66.7 Å². The number of aromatic nitrogens is 1. The third-order valence-electron chi connectivity index (χ3n) is 7.46. The van der Waals surface area contributed by atoms with Crippen LogP contribution in [0.5, 0.6) is 0 Å². The number of carbonyl (C=O) groups excluding carboxylic acids is 1. The average Bonchev–Trinajstić information content (AvgIpc) is 3.44. The lowest BCUT2D eigenvalue weighted by atomic mass is 9.76. The molecule has 2 fully saturated rings. The molecule has 2 aliphatic rings. The van der Waals surface area contributed by atoms with E-state index in [9.17, 15) is 4.79 Å². The number of likely N-dealkylation sites (tertiary alicyclic amines) is 1. The highest BCUT2D eigenvalue weighted by molar-refractivity contribution is 7.99. The Balaban J connectivity index is 1.05. The zero-order chi connectivity index (χ0) is 24.6. The van der Waals surface area contributed by atoms with Crippen LogP contribution < -0.4 is 10.6 Å². The van der Waals surface area contributed by atoms with Crippen molar-refractivity contribution in [1.29, 1.82) is 0 Å². The molecule has 2 aliphatic heterocycles. The van der Waals surface area contributed by atoms with E-state index < -0.39 is 0 Å². The van der Waals surface area contributed by atoms with Crippen molar-refractivity contribution in [3.05, 3.63) is 102 Å². The van der Waals surface area contributed by atoms with E-state index in [1.807, 2.05) is 12.3 Å². The lowest BCUT2D eigenvalue weighted by Crippen LogP contribution is -2.43. The summed E-state index contributed by atoms with van der Waals surface area (Å²) in [7, 11) is 0. The number of hydrogen-bond donors (Lipinski definition) is 2. The van der Waals surface area contributed by atoms with Crippen molar-refractivity contribution >= 4 is 17.7 Å². The molecule has 1 unspecified atom stereocenters. The van der Waals surface area contributed by atoms with Crippen LogP contribution in [-0.4, -0.2) is 53.8 Å². The van der Waals surface area contributed by atoms with Gasteiger partial charge in [0.15, 0.2) is 0 Å². The molecule has 2 saturated heterocycles. The Labute approximate surface area is 219 Å². The molecule has 0 bridgehead atoms. The SMILES string of the molecule is O=C(NCCCN1CCC(C(c2ccccc2)c2ccccc2)CC1)[C@@H]1CSC(c2cccnc2)N1. The quantitative estimate of drug-likeness (QED) is 0.412. The van der Waals surface area contributed by atoms with Gasteiger partial charge in [0.1, 0.15) is 0 Å². The lowest BCUT2D eigenvalue weighted by molar-refractivity contribution is -0.122. The second-order valence-electron chi connectivity index (χ2n) is 9.84. The summed E-state index contributed by atoms with van der Waals surface area (Å²) >= 11 is 1.77. The molecule has 2 aromatic carbocycles. The Morgan fingerprint density at radius 2 is 1.69 bits per heavy atom. The summed E-state index contributed by atoms with van der Waals surface area (Å²) in [6.45, 7) is 4.03. The molecule has 6 heteroatoms. The van der Waals surface area contributed by atoms with Crippen LogP contribution in [0.15, 0.2) is 85.2 Å². The van der Waals surface area contributed by atoms with Gasteiger partial charge >= 0.3 is 0 Å². The van der Waals surface area contributed by atoms with Crippen LogP contribution in [0.2, 0.25) is 0 Å². The van der Waals surface area contributed by atoms with Gasteiger partial charge in [-0.05, 0) is 67.6 Å². The van der Waals surface area contributed by atoms with Gasteiger partial charge in [-0.2, -0.15) is 0 Å². The van der Waals surface area contributed by atoms with Gasteiger partial charge in [-0.25, -0.2) is 0 Å². The summed E-state index contributed by atoms with van der Waals surface area (Å²) in [5, 5.41) is 6.73. The first-order valence-corrected chi connectivity index (χ1v) is 14.2. The Morgan fingerprint density at radius 3 is 2.33 bits per heavy atom. The molecular formula is C30H36N4OS. The van der Waals surface area contributed by atoms with E-state index in [0.717, 1.165) is 43.9 Å². The molecule has 1 aromatic heterocycles. The number of benzene rings is 2. The number of nitrogens with zero attached hydrogens (tertiary/aromatic N) is 2. The van der Waals surface area contributed by atoms with Crippen LogP contribution in [-0.2, 0) is 4.79 Å². The van der Waals surface area contributed by atoms with Gasteiger partial charge in [-0.3, -0.25) is 15.1 Å². The standard InChI is InChI=1S/C30H36N4OS/c35-29(27-22-36-30(33-27)26-13-7-16-31-21-26)32-17-8-18-34-19-14-25(15-20-34)28(23-9-3-1-4-10-23)24-11-5-2-6-12-24/h1-7,9-13,16,21,25,27-28,30,33H,8,14-15,17-20,22H2,(H,32,35)/t27-,30?/m0/s1. The van der Waals surface area contributed by atoms with Gasteiger partial charge in [0.25, 0.3) is 0 Å². The summed E-state index contributed by atoms with van der Waals surface area (Å²) in [5.74, 6) is 2.02. The Morgan fingerprint density at radius 1 is 1.00 bits per heavy atom. The Bertz CT molecular complexity index is 1030. The minimum atomic E-state index is -0.135. The number of pyridine rings is 1. The molecule has 2 atom stereocenters. The van der Waals surface area contributed by atoms with Crippen molar-refractivity contribution in [1.82, 2.24) is 20.5 Å². The average molecular weight is 501 g/mol. The molecule has 2 N–H and O–H groups in total. The Kier molecular flexibility index (Phi) is 8.70. The second-order valence-corrected chi connectivity index (χ2v) is 11.0. The van der Waals surface area contributed by atoms with E-state index in [2.05, 4.69) is 87.2 Å². The molecule has 0 radical (unpaired) electrons. The van der Waals surface area contributed by atoms with Crippen LogP contribution >= 0.6 is 11.8 Å². The maximum absolute atomic E-state index is 12.6. The minimum Gasteiger partial charge on any atom is -0.355 e. The monoisotopic (exact) mass is 500 g/mol. The van der Waals surface area contributed by atoms with E-state index in [1.165, 1.54) is 24.0 Å². The van der Waals surface area contributed by atoms with Crippen LogP contribution in [0.3, 0.4) is 0 Å². The molecule has 188 valence electrons. The van der Waals surface area contributed by atoms with Crippen LogP contribution in [0, 0.1) is 5.92 Å². The predicted octanol–water partition coefficient (Wildman–Crippen LogP) is 4.84. The first-order chi connectivity index (χ1) is 17.8. The van der Waals surface area contributed by atoms with E-state index in [-0.39, 0.29) is 17.3 Å². The molecular weight excluding hydrogens is 464 g/mol. The largest absolute Gasteiger partial charge is 0.355 e. The van der Waals surface area contributed by atoms with Gasteiger partial charge < -0.3 is 10.2 Å². The highest BCUT2D eigenvalue weighted by Gasteiger charge is 2.31. The molecule has 5 rings (SSSR count). The first-order valence-electron chi connectivity index (χ1n) is 13.2. The van der Waals surface area contributed by atoms with Gasteiger partial charge in [-0.15, -0.1) is 11.8 Å². The number of rotatable bonds is 9. The maximum atomic E-state index is 12.6. The zero-order valence-corrected chi connectivity index (χ0v) is 21.6. The van der Waals surface area contributed by atoms with Crippen LogP contribution in [0.1, 0.15) is 47.2 Å². The van der Waals surface area contributed by atoms with Crippen molar-refractivity contribution < 1.29 is 4.79 Å². The maximum Gasteiger partial charge on any atom is 0.238 e. The van der Waals surface area contributed by atoms with Crippen molar-refractivity contribution in [3.8, 4) is 0 Å². The minimum absolute atomic E-state index is 0.112. The third kappa shape index (κ3) is 6.36. The van der Waals surface area contributed by atoms with E-state index in [0.29, 0.717) is 11.8 Å². The number of hydrogen-bond acceptors (Lipinski definition) is 5. The summed E-state index contributed by atoms with van der Waals surface area (Å²) < 4.78 is 0. The van der Waals surface area contributed by atoms with E-state index in [4.69, 9.17) is 0 Å². The summed E-state index contributed by atoms with van der Waals surface area (Å²) in [6, 6.07) is 25.8. The highest BCUT2D eigenvalue weighted by atomic mass is 32.2. The molecule has 3 heterocycles.